The molecule has 1 rings (SSSR count). The second-order valence-corrected chi connectivity index (χ2v) is 5.79. The molecule has 1 aromatic carbocycles. The van der Waals surface area contributed by atoms with Gasteiger partial charge >= 0.3 is 0 Å². The first-order valence-corrected chi connectivity index (χ1v) is 7.50. The highest BCUT2D eigenvalue weighted by atomic mass is 79.9. The first-order chi connectivity index (χ1) is 8.58. The van der Waals surface area contributed by atoms with Crippen LogP contribution in [0.25, 0.3) is 0 Å². The quantitative estimate of drug-likeness (QED) is 0.781. The van der Waals surface area contributed by atoms with Crippen LogP contribution in [-0.4, -0.2) is 26.4 Å². The average Bonchev–Trinajstić information content (AvgIpc) is 2.33. The summed E-state index contributed by atoms with van der Waals surface area (Å²) in [5, 5.41) is 3.42. The summed E-state index contributed by atoms with van der Waals surface area (Å²) < 4.78 is 12.8. The van der Waals surface area contributed by atoms with Gasteiger partial charge in [-0.3, -0.25) is 0 Å². The van der Waals surface area contributed by atoms with Crippen molar-refractivity contribution in [3.63, 3.8) is 0 Å². The van der Waals surface area contributed by atoms with Gasteiger partial charge in [0.15, 0.2) is 0 Å². The first-order valence-electron chi connectivity index (χ1n) is 5.91. The molecular formula is C13H19Br2NO2. The van der Waals surface area contributed by atoms with Crippen molar-refractivity contribution < 1.29 is 9.47 Å². The van der Waals surface area contributed by atoms with Crippen LogP contribution in [0.3, 0.4) is 0 Å². The summed E-state index contributed by atoms with van der Waals surface area (Å²) >= 11 is 6.99. The van der Waals surface area contributed by atoms with Crippen molar-refractivity contribution >= 4 is 31.9 Å². The van der Waals surface area contributed by atoms with Crippen molar-refractivity contribution in [1.29, 1.82) is 0 Å². The lowest BCUT2D eigenvalue weighted by molar-refractivity contribution is 0.127. The Labute approximate surface area is 125 Å². The largest absolute Gasteiger partial charge is 0.495 e. The third-order valence-corrected chi connectivity index (χ3v) is 3.55. The first kappa shape index (κ1) is 16.0. The van der Waals surface area contributed by atoms with Crippen LogP contribution in [0.15, 0.2) is 21.1 Å². The molecule has 102 valence electrons. The maximum atomic E-state index is 5.41. The molecule has 18 heavy (non-hydrogen) atoms. The summed E-state index contributed by atoms with van der Waals surface area (Å²) in [6, 6.07) is 4.35. The van der Waals surface area contributed by atoms with Gasteiger partial charge in [0, 0.05) is 29.2 Å². The Morgan fingerprint density at radius 2 is 2.06 bits per heavy atom. The van der Waals surface area contributed by atoms with Crippen LogP contribution in [0.5, 0.6) is 5.75 Å². The summed E-state index contributed by atoms with van der Waals surface area (Å²) in [6.07, 6.45) is 0. The van der Waals surface area contributed by atoms with Gasteiger partial charge < -0.3 is 14.8 Å². The van der Waals surface area contributed by atoms with Crippen molar-refractivity contribution in [3.8, 4) is 5.75 Å². The number of rotatable bonds is 7. The van der Waals surface area contributed by atoms with Crippen LogP contribution in [0.2, 0.25) is 0 Å². The van der Waals surface area contributed by atoms with E-state index in [4.69, 9.17) is 9.47 Å². The Kier molecular flexibility index (Phi) is 7.22. The smallest absolute Gasteiger partial charge is 0.137 e. The Morgan fingerprint density at radius 1 is 1.33 bits per heavy atom. The molecule has 5 heteroatoms. The number of nitrogens with one attached hydrogen (secondary N) is 1. The summed E-state index contributed by atoms with van der Waals surface area (Å²) in [7, 11) is 1.68. The highest BCUT2D eigenvalue weighted by molar-refractivity contribution is 9.11. The minimum atomic E-state index is 0.312. The number of hydrogen-bond acceptors (Lipinski definition) is 3. The van der Waals surface area contributed by atoms with E-state index < -0.39 is 0 Å². The van der Waals surface area contributed by atoms with Gasteiger partial charge in [0.1, 0.15) is 5.75 Å². The average molecular weight is 381 g/mol. The fourth-order valence-corrected chi connectivity index (χ4v) is 3.09. The van der Waals surface area contributed by atoms with Crippen LogP contribution >= 0.6 is 31.9 Å². The lowest BCUT2D eigenvalue weighted by Gasteiger charge is -2.16. The molecular weight excluding hydrogens is 362 g/mol. The Balaban J connectivity index is 2.66. The van der Waals surface area contributed by atoms with Crippen LogP contribution in [0.1, 0.15) is 19.4 Å². The molecule has 0 aliphatic carbocycles. The molecule has 0 bridgehead atoms. The summed E-state index contributed by atoms with van der Waals surface area (Å²) in [4.78, 5) is 0. The molecule has 0 fully saturated rings. The summed E-state index contributed by atoms with van der Waals surface area (Å²) in [6.45, 7) is 6.32. The minimum absolute atomic E-state index is 0.312. The van der Waals surface area contributed by atoms with Gasteiger partial charge in [0.25, 0.3) is 0 Å². The molecule has 0 aliphatic heterocycles. The normalized spacial score (nSPS) is 12.5. The van der Waals surface area contributed by atoms with Crippen molar-refractivity contribution in [3.05, 3.63) is 26.6 Å². The molecule has 1 unspecified atom stereocenters. The lowest BCUT2D eigenvalue weighted by Crippen LogP contribution is -2.30. The van der Waals surface area contributed by atoms with Crippen molar-refractivity contribution in [2.45, 2.75) is 26.4 Å². The van der Waals surface area contributed by atoms with Crippen LogP contribution in [0, 0.1) is 0 Å². The predicted molar refractivity (Wildman–Crippen MR) is 81.2 cm³/mol. The van der Waals surface area contributed by atoms with Gasteiger partial charge in [-0.05, 0) is 41.9 Å². The van der Waals surface area contributed by atoms with E-state index in [1.807, 2.05) is 13.0 Å². The van der Waals surface area contributed by atoms with Crippen molar-refractivity contribution in [1.82, 2.24) is 5.32 Å². The Morgan fingerprint density at radius 3 is 2.67 bits per heavy atom. The summed E-state index contributed by atoms with van der Waals surface area (Å²) in [5.74, 6) is 0.870. The zero-order chi connectivity index (χ0) is 13.5. The number of benzene rings is 1. The molecule has 1 N–H and O–H groups in total. The Hall–Kier alpha value is -0.100. The summed E-state index contributed by atoms with van der Waals surface area (Å²) in [5.41, 5.74) is 1.11. The van der Waals surface area contributed by atoms with Crippen LogP contribution < -0.4 is 10.1 Å². The molecule has 0 saturated carbocycles. The maximum Gasteiger partial charge on any atom is 0.137 e. The molecule has 1 aromatic rings. The van der Waals surface area contributed by atoms with Gasteiger partial charge in [-0.25, -0.2) is 0 Å². The van der Waals surface area contributed by atoms with Gasteiger partial charge in [0.05, 0.1) is 18.2 Å². The second-order valence-electron chi connectivity index (χ2n) is 4.02. The molecule has 0 saturated heterocycles. The Bertz CT molecular complexity index is 385. The van der Waals surface area contributed by atoms with E-state index >= 15 is 0 Å². The van der Waals surface area contributed by atoms with Gasteiger partial charge in [-0.2, -0.15) is 0 Å². The van der Waals surface area contributed by atoms with E-state index in [0.29, 0.717) is 12.6 Å². The highest BCUT2D eigenvalue weighted by Gasteiger charge is 2.10. The number of hydrogen-bond donors (Lipinski definition) is 1. The highest BCUT2D eigenvalue weighted by Crippen LogP contribution is 2.32. The molecule has 0 spiro atoms. The number of ether oxygens (including phenoxy) is 2. The van der Waals surface area contributed by atoms with Gasteiger partial charge in [0.2, 0.25) is 0 Å². The fraction of sp³-hybridized carbons (Fsp3) is 0.538. The van der Waals surface area contributed by atoms with E-state index in [0.717, 1.165) is 33.4 Å². The SMILES string of the molecule is CCOCC(C)NCc1cc(Br)cc(Br)c1OC. The van der Waals surface area contributed by atoms with E-state index in [1.165, 1.54) is 0 Å². The molecule has 3 nitrogen and oxygen atoms in total. The zero-order valence-electron chi connectivity index (χ0n) is 10.9. The van der Waals surface area contributed by atoms with Gasteiger partial charge in [-0.15, -0.1) is 0 Å². The monoisotopic (exact) mass is 379 g/mol. The molecule has 0 heterocycles. The zero-order valence-corrected chi connectivity index (χ0v) is 14.1. The number of halogens is 2. The van der Waals surface area contributed by atoms with Crippen LogP contribution in [0.4, 0.5) is 0 Å². The second kappa shape index (κ2) is 8.15. The fourth-order valence-electron chi connectivity index (χ4n) is 1.61. The van der Waals surface area contributed by atoms with Crippen molar-refractivity contribution in [2.24, 2.45) is 0 Å². The van der Waals surface area contributed by atoms with Crippen LogP contribution in [-0.2, 0) is 11.3 Å². The molecule has 0 amide bonds. The standard InChI is InChI=1S/C13H19Br2NO2/c1-4-18-8-9(2)16-7-10-5-11(14)6-12(15)13(10)17-3/h5-6,9,16H,4,7-8H2,1-3H3. The third kappa shape index (κ3) is 4.88. The number of methoxy groups -OCH3 is 1. The van der Waals surface area contributed by atoms with E-state index in [-0.39, 0.29) is 0 Å². The molecule has 0 aliphatic rings. The van der Waals surface area contributed by atoms with Crippen molar-refractivity contribution in [2.75, 3.05) is 20.3 Å². The predicted octanol–water partition coefficient (Wildman–Crippen LogP) is 3.73. The van der Waals surface area contributed by atoms with Gasteiger partial charge in [-0.1, -0.05) is 15.9 Å². The molecule has 1 atom stereocenters. The maximum absolute atomic E-state index is 5.41. The minimum Gasteiger partial charge on any atom is -0.495 e. The van der Waals surface area contributed by atoms with E-state index in [1.54, 1.807) is 7.11 Å². The topological polar surface area (TPSA) is 30.5 Å². The third-order valence-electron chi connectivity index (χ3n) is 2.50. The lowest BCUT2D eigenvalue weighted by atomic mass is 10.2. The molecule has 0 aromatic heterocycles. The molecule has 0 radical (unpaired) electrons. The van der Waals surface area contributed by atoms with E-state index in [9.17, 15) is 0 Å². The van der Waals surface area contributed by atoms with E-state index in [2.05, 4.69) is 50.2 Å².